The second-order valence-electron chi connectivity index (χ2n) is 9.69. The number of rotatable bonds is 9. The van der Waals surface area contributed by atoms with Gasteiger partial charge in [0.2, 0.25) is 0 Å². The average Bonchev–Trinajstić information content (AvgIpc) is 3.41. The van der Waals surface area contributed by atoms with Gasteiger partial charge in [-0.1, -0.05) is 12.1 Å². The van der Waals surface area contributed by atoms with Crippen LogP contribution in [0.15, 0.2) is 104 Å². The highest BCUT2D eigenvalue weighted by Gasteiger charge is 2.09. The molecule has 0 fully saturated rings. The van der Waals surface area contributed by atoms with E-state index in [0.717, 1.165) is 26.5 Å². The second-order valence-corrected chi connectivity index (χ2v) is 11.8. The van der Waals surface area contributed by atoms with Gasteiger partial charge in [-0.15, -0.1) is 23.5 Å². The minimum Gasteiger partial charge on any atom is -0.449 e. The molecule has 17 heteroatoms. The molecule has 0 saturated carbocycles. The van der Waals surface area contributed by atoms with E-state index in [9.17, 15) is 36.7 Å². The number of amides is 3. The van der Waals surface area contributed by atoms with E-state index >= 15 is 0 Å². The Hall–Kier alpha value is -5.42. The van der Waals surface area contributed by atoms with Crippen molar-refractivity contribution in [1.29, 1.82) is 0 Å². The topological polar surface area (TPSA) is 150 Å². The molecular weight excluding hydrogens is 689 g/mol. The maximum atomic E-state index is 13.6. The molecule has 0 radical (unpaired) electrons. The molecule has 0 bridgehead atoms. The fourth-order valence-electron chi connectivity index (χ4n) is 3.91. The Kier molecular flexibility index (Phi) is 13.1. The Labute approximate surface area is 284 Å². The van der Waals surface area contributed by atoms with E-state index in [-0.39, 0.29) is 6.61 Å². The summed E-state index contributed by atoms with van der Waals surface area (Å²) in [6.45, 7) is 1.83. The van der Waals surface area contributed by atoms with Crippen molar-refractivity contribution < 1.29 is 31.9 Å². The summed E-state index contributed by atoms with van der Waals surface area (Å²) in [7, 11) is 0. The van der Waals surface area contributed by atoms with Gasteiger partial charge in [0.05, 0.1) is 12.3 Å². The minimum absolute atomic E-state index is 0.191. The summed E-state index contributed by atoms with van der Waals surface area (Å²) in [6.07, 6.45) is -0.762. The number of ether oxygens (including phenoxy) is 1. The van der Waals surface area contributed by atoms with Crippen LogP contribution in [0.4, 0.5) is 32.8 Å². The summed E-state index contributed by atoms with van der Waals surface area (Å²) in [5.41, 5.74) is 4.84. The predicted molar refractivity (Wildman–Crippen MR) is 178 cm³/mol. The predicted octanol–water partition coefficient (Wildman–Crippen LogP) is 6.46. The van der Waals surface area contributed by atoms with Crippen molar-refractivity contribution in [1.82, 2.24) is 25.6 Å². The molecule has 256 valence electrons. The van der Waals surface area contributed by atoms with Gasteiger partial charge in [0.15, 0.2) is 0 Å². The first-order chi connectivity index (χ1) is 23.5. The molecule has 5 aromatic rings. The third-order valence-corrected chi connectivity index (χ3v) is 8.38. The van der Waals surface area contributed by atoms with Crippen molar-refractivity contribution >= 4 is 41.3 Å². The minimum atomic E-state index is -0.762. The van der Waals surface area contributed by atoms with Gasteiger partial charge in [0, 0.05) is 39.1 Å². The van der Waals surface area contributed by atoms with Crippen LogP contribution in [-0.2, 0) is 16.2 Å². The Balaban J connectivity index is 0.000000222. The first-order valence-corrected chi connectivity index (χ1v) is 16.2. The number of aromatic amines is 2. The zero-order chi connectivity index (χ0) is 35.3. The largest absolute Gasteiger partial charge is 0.449 e. The lowest BCUT2D eigenvalue weighted by Gasteiger charge is -2.09. The van der Waals surface area contributed by atoms with Crippen molar-refractivity contribution in [2.24, 2.45) is 0 Å². The van der Waals surface area contributed by atoms with Gasteiger partial charge in [-0.05, 0) is 78.7 Å². The zero-order valence-electron chi connectivity index (χ0n) is 25.5. The van der Waals surface area contributed by atoms with Crippen LogP contribution in [0.3, 0.4) is 0 Å². The number of hydrogen-bond donors (Lipinski definition) is 5. The number of nitrogens with zero attached hydrogens (tertiary/aromatic N) is 1. The maximum Gasteiger partial charge on any atom is 0.426 e. The second kappa shape index (κ2) is 17.7. The molecule has 5 N–H and O–H groups in total. The van der Waals surface area contributed by atoms with Crippen molar-refractivity contribution in [3.63, 3.8) is 0 Å². The zero-order valence-corrected chi connectivity index (χ0v) is 27.2. The van der Waals surface area contributed by atoms with Gasteiger partial charge >= 0.3 is 23.5 Å². The summed E-state index contributed by atoms with van der Waals surface area (Å²) < 4.78 is 58.4. The number of urea groups is 1. The van der Waals surface area contributed by atoms with E-state index < -0.39 is 46.8 Å². The lowest BCUT2D eigenvalue weighted by molar-refractivity contribution is 0.148. The number of carbonyl (C=O) groups is 2. The first kappa shape index (κ1) is 36.4. The Morgan fingerprint density at radius 3 is 1.67 bits per heavy atom. The van der Waals surface area contributed by atoms with Crippen LogP contribution in [0, 0.1) is 23.3 Å². The molecule has 49 heavy (non-hydrogen) atoms. The number of anilines is 1. The van der Waals surface area contributed by atoms with Crippen LogP contribution in [0.5, 0.6) is 0 Å². The van der Waals surface area contributed by atoms with Gasteiger partial charge in [-0.3, -0.25) is 0 Å². The molecule has 0 aliphatic heterocycles. The standard InChI is InChI=1S/C17H17F2N3O3S.C15H11F2N3O2S/c1-2-25-17(24)22-21-16(23)20-13-5-7-14(8-6-13)26-10-11-3-4-12(18)9-15(11)19;16-10-2-1-9(13(17)7-10)8-23-12-5-3-11(4-6-12)20-14(21)18-19-15(20)22/h3-9H,2,10H2,1H3,(H,22,24)(H2,20,21,23);1-7H,8H2,(H,18,21)(H,19,22). The van der Waals surface area contributed by atoms with Gasteiger partial charge in [-0.25, -0.2) is 62.4 Å². The van der Waals surface area contributed by atoms with Crippen molar-refractivity contribution in [2.75, 3.05) is 11.9 Å². The molecular formula is C32H28F4N6O5S2. The van der Waals surface area contributed by atoms with Crippen molar-refractivity contribution in [3.05, 3.63) is 140 Å². The molecule has 0 aliphatic rings. The third-order valence-electron chi connectivity index (χ3n) is 6.26. The van der Waals surface area contributed by atoms with E-state index in [4.69, 9.17) is 0 Å². The molecule has 0 atom stereocenters. The molecule has 0 saturated heterocycles. The molecule has 3 amide bonds. The third kappa shape index (κ3) is 11.1. The molecule has 1 aromatic heterocycles. The molecule has 11 nitrogen and oxygen atoms in total. The summed E-state index contributed by atoms with van der Waals surface area (Å²) in [5, 5.41) is 6.92. The first-order valence-electron chi connectivity index (χ1n) is 14.3. The quantitative estimate of drug-likeness (QED) is 0.0668. The summed E-state index contributed by atoms with van der Waals surface area (Å²) in [4.78, 5) is 47.3. The van der Waals surface area contributed by atoms with Gasteiger partial charge in [-0.2, -0.15) is 0 Å². The normalized spacial score (nSPS) is 10.5. The van der Waals surface area contributed by atoms with E-state index in [1.807, 2.05) is 0 Å². The van der Waals surface area contributed by atoms with Crippen molar-refractivity contribution in [3.8, 4) is 5.69 Å². The molecule has 0 aliphatic carbocycles. The van der Waals surface area contributed by atoms with E-state index in [0.29, 0.717) is 34.0 Å². The highest BCUT2D eigenvalue weighted by Crippen LogP contribution is 2.26. The van der Waals surface area contributed by atoms with E-state index in [1.54, 1.807) is 55.5 Å². The van der Waals surface area contributed by atoms with E-state index in [2.05, 4.69) is 31.1 Å². The molecule has 0 spiro atoms. The average molecular weight is 717 g/mol. The number of hydrazine groups is 1. The van der Waals surface area contributed by atoms with Crippen LogP contribution < -0.4 is 27.5 Å². The lowest BCUT2D eigenvalue weighted by Crippen LogP contribution is -2.44. The number of benzene rings is 4. The Bertz CT molecular complexity index is 1980. The van der Waals surface area contributed by atoms with Gasteiger partial charge in [0.25, 0.3) is 0 Å². The number of thioether (sulfide) groups is 2. The number of carbonyl (C=O) groups excluding carboxylic acids is 2. The maximum absolute atomic E-state index is 13.6. The van der Waals surface area contributed by atoms with Crippen LogP contribution in [0.1, 0.15) is 18.1 Å². The fraction of sp³-hybridized carbons (Fsp3) is 0.125. The van der Waals surface area contributed by atoms with Gasteiger partial charge in [0.1, 0.15) is 23.3 Å². The molecule has 0 unspecified atom stereocenters. The number of halogens is 4. The van der Waals surface area contributed by atoms with Gasteiger partial charge < -0.3 is 10.1 Å². The summed E-state index contributed by atoms with van der Waals surface area (Å²) in [6, 6.07) is 19.8. The van der Waals surface area contributed by atoms with Crippen LogP contribution in [0.25, 0.3) is 5.69 Å². The highest BCUT2D eigenvalue weighted by atomic mass is 32.2. The van der Waals surface area contributed by atoms with Crippen LogP contribution in [-0.4, -0.2) is 33.5 Å². The number of aromatic nitrogens is 3. The SMILES string of the molecule is CCOC(=O)NNC(=O)Nc1ccc(SCc2ccc(F)cc2F)cc1.O=c1[nH][nH]c(=O)n1-c1ccc(SCc2ccc(F)cc2F)cc1. The summed E-state index contributed by atoms with van der Waals surface area (Å²) >= 11 is 2.74. The van der Waals surface area contributed by atoms with E-state index in [1.165, 1.54) is 47.8 Å². The van der Waals surface area contributed by atoms with Crippen LogP contribution >= 0.6 is 23.5 Å². The summed E-state index contributed by atoms with van der Waals surface area (Å²) in [5.74, 6) is -1.69. The smallest absolute Gasteiger partial charge is 0.426 e. The monoisotopic (exact) mass is 716 g/mol. The Morgan fingerprint density at radius 1 is 0.714 bits per heavy atom. The number of nitrogens with one attached hydrogen (secondary N) is 5. The highest BCUT2D eigenvalue weighted by molar-refractivity contribution is 7.98. The Morgan fingerprint density at radius 2 is 1.20 bits per heavy atom. The number of hydrogen-bond acceptors (Lipinski definition) is 7. The number of H-pyrrole nitrogens is 2. The lowest BCUT2D eigenvalue weighted by atomic mass is 10.2. The molecule has 4 aromatic carbocycles. The molecule has 1 heterocycles. The van der Waals surface area contributed by atoms with Crippen molar-refractivity contribution in [2.45, 2.75) is 28.2 Å². The fourth-order valence-corrected chi connectivity index (χ4v) is 5.68. The van der Waals surface area contributed by atoms with Crippen LogP contribution in [0.2, 0.25) is 0 Å². The molecule has 5 rings (SSSR count).